The van der Waals surface area contributed by atoms with Crippen molar-refractivity contribution >= 4 is 17.2 Å². The number of aliphatic hydroxyl groups excluding tert-OH is 1. The molecule has 0 bridgehead atoms. The van der Waals surface area contributed by atoms with Crippen molar-refractivity contribution in [2.75, 3.05) is 0 Å². The van der Waals surface area contributed by atoms with Crippen molar-refractivity contribution in [3.8, 4) is 10.8 Å². The Kier molecular flexibility index (Phi) is 4.21. The number of hydrogen-bond acceptors (Lipinski definition) is 6. The first-order chi connectivity index (χ1) is 10.2. The maximum atomic E-state index is 12.2. The maximum Gasteiger partial charge on any atom is 0.263 e. The molecule has 1 amide bonds. The summed E-state index contributed by atoms with van der Waals surface area (Å²) in [7, 11) is 0. The van der Waals surface area contributed by atoms with Crippen LogP contribution in [-0.2, 0) is 0 Å². The Morgan fingerprint density at radius 1 is 1.19 bits per heavy atom. The summed E-state index contributed by atoms with van der Waals surface area (Å²) in [6.45, 7) is 0. The Balaban J connectivity index is 1.64. The summed E-state index contributed by atoms with van der Waals surface area (Å²) in [5, 5.41) is 13.1. The van der Waals surface area contributed by atoms with Gasteiger partial charge in [-0.2, -0.15) is 0 Å². The molecule has 1 aliphatic carbocycles. The predicted molar refractivity (Wildman–Crippen MR) is 78.9 cm³/mol. The zero-order chi connectivity index (χ0) is 14.7. The smallest absolute Gasteiger partial charge is 0.263 e. The van der Waals surface area contributed by atoms with Crippen LogP contribution in [0.25, 0.3) is 10.8 Å². The van der Waals surface area contributed by atoms with Crippen LogP contribution in [0.4, 0.5) is 0 Å². The average molecular weight is 304 g/mol. The van der Waals surface area contributed by atoms with E-state index in [0.717, 1.165) is 25.7 Å². The first-order valence-electron chi connectivity index (χ1n) is 6.94. The molecule has 0 atom stereocenters. The van der Waals surface area contributed by atoms with E-state index in [2.05, 4.69) is 20.3 Å². The summed E-state index contributed by atoms with van der Waals surface area (Å²) in [6, 6.07) is 1.88. The van der Waals surface area contributed by atoms with Crippen LogP contribution in [0.5, 0.6) is 0 Å². The van der Waals surface area contributed by atoms with Crippen molar-refractivity contribution < 1.29 is 9.90 Å². The normalized spacial score (nSPS) is 22.0. The second-order valence-corrected chi connectivity index (χ2v) is 6.11. The number of amides is 1. The quantitative estimate of drug-likeness (QED) is 0.900. The molecule has 21 heavy (non-hydrogen) atoms. The third kappa shape index (κ3) is 3.43. The highest BCUT2D eigenvalue weighted by atomic mass is 32.1. The van der Waals surface area contributed by atoms with Crippen LogP contribution < -0.4 is 5.32 Å². The minimum absolute atomic E-state index is 0.115. The van der Waals surface area contributed by atoms with E-state index in [1.165, 1.54) is 11.3 Å². The van der Waals surface area contributed by atoms with Gasteiger partial charge in [-0.1, -0.05) is 0 Å². The molecular formula is C14H16N4O2S. The van der Waals surface area contributed by atoms with Crippen molar-refractivity contribution in [1.29, 1.82) is 0 Å². The topological polar surface area (TPSA) is 88.0 Å². The second-order valence-electron chi connectivity index (χ2n) is 5.08. The summed E-state index contributed by atoms with van der Waals surface area (Å²) in [6.07, 6.45) is 7.77. The van der Waals surface area contributed by atoms with E-state index < -0.39 is 0 Å². The summed E-state index contributed by atoms with van der Waals surface area (Å²) in [5.74, 6) is 0.415. The molecule has 1 aliphatic rings. The van der Waals surface area contributed by atoms with Gasteiger partial charge in [0.2, 0.25) is 0 Å². The molecule has 3 rings (SSSR count). The molecule has 1 saturated carbocycles. The van der Waals surface area contributed by atoms with Gasteiger partial charge in [-0.05, 0) is 31.7 Å². The van der Waals surface area contributed by atoms with Crippen LogP contribution in [0.15, 0.2) is 24.7 Å². The number of carbonyl (C=O) groups excluding carboxylic acids is 1. The van der Waals surface area contributed by atoms with Gasteiger partial charge in [-0.3, -0.25) is 4.79 Å². The van der Waals surface area contributed by atoms with E-state index >= 15 is 0 Å². The van der Waals surface area contributed by atoms with E-state index in [1.54, 1.807) is 24.7 Å². The second kappa shape index (κ2) is 6.28. The molecule has 6 nitrogen and oxygen atoms in total. The molecule has 0 spiro atoms. The Hall–Kier alpha value is -1.86. The van der Waals surface area contributed by atoms with Crippen LogP contribution in [0.2, 0.25) is 0 Å². The monoisotopic (exact) mass is 304 g/mol. The number of aromatic nitrogens is 3. The maximum absolute atomic E-state index is 12.2. The molecule has 2 N–H and O–H groups in total. The van der Waals surface area contributed by atoms with Crippen LogP contribution in [-0.4, -0.2) is 38.1 Å². The number of hydrogen-bond donors (Lipinski definition) is 2. The van der Waals surface area contributed by atoms with Gasteiger partial charge >= 0.3 is 0 Å². The predicted octanol–water partition coefficient (Wildman–Crippen LogP) is 1.63. The van der Waals surface area contributed by atoms with Gasteiger partial charge in [0.15, 0.2) is 10.8 Å². The number of carbonyl (C=O) groups is 1. The molecule has 2 aromatic rings. The van der Waals surface area contributed by atoms with Crippen LogP contribution in [0.3, 0.4) is 0 Å². The minimum Gasteiger partial charge on any atom is -0.393 e. The van der Waals surface area contributed by atoms with Crippen LogP contribution in [0, 0.1) is 0 Å². The lowest BCUT2D eigenvalue weighted by molar-refractivity contribution is 0.0871. The SMILES string of the molecule is O=C(NC1CCC(O)CC1)c1cnc(-c2ncccn2)s1. The molecule has 0 unspecified atom stereocenters. The fourth-order valence-electron chi connectivity index (χ4n) is 2.37. The largest absolute Gasteiger partial charge is 0.393 e. The fraction of sp³-hybridized carbons (Fsp3) is 0.429. The third-order valence-electron chi connectivity index (χ3n) is 3.52. The number of aliphatic hydroxyl groups is 1. The fourth-order valence-corrected chi connectivity index (χ4v) is 3.14. The molecule has 2 heterocycles. The first kappa shape index (κ1) is 14.1. The zero-order valence-electron chi connectivity index (χ0n) is 11.4. The lowest BCUT2D eigenvalue weighted by Gasteiger charge is -2.25. The van der Waals surface area contributed by atoms with Gasteiger partial charge in [0.25, 0.3) is 5.91 Å². The van der Waals surface area contributed by atoms with Gasteiger partial charge in [0.1, 0.15) is 4.88 Å². The first-order valence-corrected chi connectivity index (χ1v) is 7.76. The molecule has 0 aliphatic heterocycles. The Labute approximate surface area is 126 Å². The van der Waals surface area contributed by atoms with Crippen molar-refractivity contribution in [2.45, 2.75) is 37.8 Å². The lowest BCUT2D eigenvalue weighted by atomic mass is 9.93. The van der Waals surface area contributed by atoms with Crippen LogP contribution >= 0.6 is 11.3 Å². The van der Waals surface area contributed by atoms with E-state index in [0.29, 0.717) is 15.7 Å². The molecule has 2 aromatic heterocycles. The van der Waals surface area contributed by atoms with E-state index in [4.69, 9.17) is 0 Å². The number of nitrogens with one attached hydrogen (secondary N) is 1. The molecule has 7 heteroatoms. The third-order valence-corrected chi connectivity index (χ3v) is 4.51. The Morgan fingerprint density at radius 2 is 1.90 bits per heavy atom. The molecule has 0 radical (unpaired) electrons. The molecule has 1 fully saturated rings. The standard InChI is InChI=1S/C14H16N4O2S/c19-10-4-2-9(3-5-10)18-13(20)11-8-17-14(21-11)12-15-6-1-7-16-12/h1,6-10,19H,2-5H2,(H,18,20). The minimum atomic E-state index is -0.219. The van der Waals surface area contributed by atoms with E-state index in [9.17, 15) is 9.90 Å². The molecule has 110 valence electrons. The van der Waals surface area contributed by atoms with E-state index in [1.807, 2.05) is 0 Å². The van der Waals surface area contributed by atoms with Gasteiger partial charge in [0.05, 0.1) is 12.3 Å². The molecule has 0 aromatic carbocycles. The van der Waals surface area contributed by atoms with Crippen molar-refractivity contribution in [2.24, 2.45) is 0 Å². The highest BCUT2D eigenvalue weighted by Gasteiger charge is 2.22. The molecular weight excluding hydrogens is 288 g/mol. The van der Waals surface area contributed by atoms with Gasteiger partial charge in [-0.15, -0.1) is 11.3 Å². The van der Waals surface area contributed by atoms with Crippen LogP contribution in [0.1, 0.15) is 35.4 Å². The van der Waals surface area contributed by atoms with Crippen molar-refractivity contribution in [3.63, 3.8) is 0 Å². The van der Waals surface area contributed by atoms with Gasteiger partial charge in [0, 0.05) is 18.4 Å². The summed E-state index contributed by atoms with van der Waals surface area (Å²) >= 11 is 1.29. The average Bonchev–Trinajstić information content (AvgIpc) is 3.00. The summed E-state index contributed by atoms with van der Waals surface area (Å²) < 4.78 is 0. The summed E-state index contributed by atoms with van der Waals surface area (Å²) in [4.78, 5) is 25.2. The highest BCUT2D eigenvalue weighted by Crippen LogP contribution is 2.23. The highest BCUT2D eigenvalue weighted by molar-refractivity contribution is 7.16. The number of nitrogens with zero attached hydrogens (tertiary/aromatic N) is 3. The number of rotatable bonds is 3. The summed E-state index contributed by atoms with van der Waals surface area (Å²) in [5.41, 5.74) is 0. The zero-order valence-corrected chi connectivity index (χ0v) is 12.2. The lowest BCUT2D eigenvalue weighted by Crippen LogP contribution is -2.38. The van der Waals surface area contributed by atoms with Crippen molar-refractivity contribution in [3.05, 3.63) is 29.5 Å². The van der Waals surface area contributed by atoms with Crippen molar-refractivity contribution in [1.82, 2.24) is 20.3 Å². The number of thiazole rings is 1. The van der Waals surface area contributed by atoms with E-state index in [-0.39, 0.29) is 18.1 Å². The van der Waals surface area contributed by atoms with Gasteiger partial charge in [-0.25, -0.2) is 15.0 Å². The Bertz CT molecular complexity index is 608. The Morgan fingerprint density at radius 3 is 2.62 bits per heavy atom. The van der Waals surface area contributed by atoms with Gasteiger partial charge < -0.3 is 10.4 Å². The molecule has 0 saturated heterocycles.